The predicted octanol–water partition coefficient (Wildman–Crippen LogP) is 6.63. The zero-order chi connectivity index (χ0) is 32.7. The van der Waals surface area contributed by atoms with Crippen molar-refractivity contribution >= 4 is 27.3 Å². The largest absolute Gasteiger partial charge is 0.490 e. The lowest BCUT2D eigenvalue weighted by Crippen LogP contribution is -2.40. The Kier molecular flexibility index (Phi) is 8.58. The number of hydrogen-bond donors (Lipinski definition) is 0. The zero-order valence-corrected chi connectivity index (χ0v) is 26.7. The van der Waals surface area contributed by atoms with E-state index in [4.69, 9.17) is 19.6 Å². The summed E-state index contributed by atoms with van der Waals surface area (Å²) in [5, 5.41) is 7.44. The van der Waals surface area contributed by atoms with Gasteiger partial charge in [0.05, 0.1) is 36.1 Å². The maximum atomic E-state index is 16.0. The van der Waals surface area contributed by atoms with E-state index in [0.717, 1.165) is 17.8 Å². The Morgan fingerprint density at radius 1 is 1.13 bits per heavy atom. The van der Waals surface area contributed by atoms with E-state index in [2.05, 4.69) is 6.58 Å². The first-order valence-electron chi connectivity index (χ1n) is 14.9. The molecule has 0 saturated heterocycles. The Morgan fingerprint density at radius 3 is 2.65 bits per heavy atom. The van der Waals surface area contributed by atoms with Crippen LogP contribution in [0.3, 0.4) is 0 Å². The van der Waals surface area contributed by atoms with Gasteiger partial charge in [-0.15, -0.1) is 11.3 Å². The van der Waals surface area contributed by atoms with Gasteiger partial charge in [0.25, 0.3) is 5.56 Å². The third kappa shape index (κ3) is 5.51. The average molecular weight is 646 g/mol. The van der Waals surface area contributed by atoms with Crippen molar-refractivity contribution < 1.29 is 23.0 Å². The van der Waals surface area contributed by atoms with Gasteiger partial charge >= 0.3 is 0 Å². The van der Waals surface area contributed by atoms with Crippen molar-refractivity contribution in [1.29, 1.82) is 0 Å². The number of thiophene rings is 1. The van der Waals surface area contributed by atoms with E-state index in [9.17, 15) is 14.0 Å². The Labute approximate surface area is 268 Å². The van der Waals surface area contributed by atoms with Gasteiger partial charge in [0, 0.05) is 65.3 Å². The van der Waals surface area contributed by atoms with Gasteiger partial charge in [-0.1, -0.05) is 6.58 Å². The molecule has 5 heterocycles. The van der Waals surface area contributed by atoms with Crippen LogP contribution in [0, 0.1) is 11.6 Å². The van der Waals surface area contributed by atoms with Crippen LogP contribution >= 0.6 is 11.3 Å². The normalized spacial score (nSPS) is 14.6. The smallest absolute Gasteiger partial charge is 0.251 e. The SMILES string of the molecule is C=CC(=O)N1CCn2nc(-c3nc(-c4ccn(C(C)C)c(=O)c4)c4ccsc4c3-c3c(F)cc(F)cc3OCCOC)cc2C1C. The van der Waals surface area contributed by atoms with Crippen molar-refractivity contribution in [3.05, 3.63) is 88.3 Å². The molecule has 0 saturated carbocycles. The third-order valence-electron chi connectivity index (χ3n) is 8.16. The monoisotopic (exact) mass is 645 g/mol. The van der Waals surface area contributed by atoms with Crippen molar-refractivity contribution in [2.45, 2.75) is 39.4 Å². The van der Waals surface area contributed by atoms with Crippen LogP contribution in [0.25, 0.3) is 43.9 Å². The van der Waals surface area contributed by atoms with Gasteiger partial charge in [-0.25, -0.2) is 13.8 Å². The molecule has 9 nitrogen and oxygen atoms in total. The van der Waals surface area contributed by atoms with Gasteiger partial charge in [-0.3, -0.25) is 14.3 Å². The molecule has 5 aromatic rings. The van der Waals surface area contributed by atoms with E-state index in [1.54, 1.807) is 21.7 Å². The predicted molar refractivity (Wildman–Crippen MR) is 174 cm³/mol. The molecule has 1 aromatic carbocycles. The molecule has 1 aliphatic heterocycles. The minimum atomic E-state index is -0.822. The second-order valence-electron chi connectivity index (χ2n) is 11.3. The van der Waals surface area contributed by atoms with Crippen LogP contribution in [0.15, 0.2) is 65.4 Å². The fraction of sp³-hybridized carbons (Fsp3) is 0.294. The van der Waals surface area contributed by atoms with Gasteiger partial charge in [-0.2, -0.15) is 5.10 Å². The number of fused-ring (bicyclic) bond motifs is 2. The lowest BCUT2D eigenvalue weighted by atomic mass is 9.96. The van der Waals surface area contributed by atoms with Crippen LogP contribution in [0.5, 0.6) is 5.75 Å². The van der Waals surface area contributed by atoms with Crippen LogP contribution in [-0.4, -0.2) is 57.0 Å². The molecule has 238 valence electrons. The van der Waals surface area contributed by atoms with Crippen molar-refractivity contribution in [3.8, 4) is 39.5 Å². The van der Waals surface area contributed by atoms with E-state index >= 15 is 4.39 Å². The van der Waals surface area contributed by atoms with Gasteiger partial charge in [0.2, 0.25) is 5.91 Å². The number of ether oxygens (including phenoxy) is 2. The molecule has 1 aliphatic rings. The molecule has 1 unspecified atom stereocenters. The Hall–Kier alpha value is -4.68. The number of benzene rings is 1. The average Bonchev–Trinajstić information content (AvgIpc) is 3.69. The summed E-state index contributed by atoms with van der Waals surface area (Å²) in [6, 6.07) is 8.71. The van der Waals surface area contributed by atoms with E-state index in [-0.39, 0.29) is 48.1 Å². The number of amides is 1. The molecule has 46 heavy (non-hydrogen) atoms. The van der Waals surface area contributed by atoms with Crippen LogP contribution in [0.2, 0.25) is 0 Å². The first-order valence-corrected chi connectivity index (χ1v) is 15.8. The molecular formula is C34H33F2N5O4S. The summed E-state index contributed by atoms with van der Waals surface area (Å²) in [7, 11) is 1.51. The number of carbonyl (C=O) groups is 1. The maximum absolute atomic E-state index is 16.0. The number of pyridine rings is 2. The van der Waals surface area contributed by atoms with Gasteiger partial charge < -0.3 is 18.9 Å². The molecular weight excluding hydrogens is 612 g/mol. The number of halogens is 2. The highest BCUT2D eigenvalue weighted by Crippen LogP contribution is 2.47. The number of aromatic nitrogens is 4. The molecule has 1 amide bonds. The third-order valence-corrected chi connectivity index (χ3v) is 9.09. The van der Waals surface area contributed by atoms with Crippen LogP contribution in [0.1, 0.15) is 38.5 Å². The second-order valence-corrected chi connectivity index (χ2v) is 12.2. The van der Waals surface area contributed by atoms with Gasteiger partial charge in [0.1, 0.15) is 35.4 Å². The first kappa shape index (κ1) is 31.3. The van der Waals surface area contributed by atoms with Crippen molar-refractivity contribution in [2.75, 3.05) is 26.9 Å². The minimum absolute atomic E-state index is 0.000300. The summed E-state index contributed by atoms with van der Waals surface area (Å²) in [5.74, 6) is -1.80. The highest BCUT2D eigenvalue weighted by atomic mass is 32.1. The molecule has 0 N–H and O–H groups in total. The molecule has 4 aromatic heterocycles. The lowest BCUT2D eigenvalue weighted by Gasteiger charge is -2.33. The van der Waals surface area contributed by atoms with Crippen LogP contribution in [0.4, 0.5) is 8.78 Å². The molecule has 6 rings (SSSR count). The quantitative estimate of drug-likeness (QED) is 0.132. The Bertz CT molecular complexity index is 2030. The Morgan fingerprint density at radius 2 is 1.93 bits per heavy atom. The number of rotatable bonds is 9. The van der Waals surface area contributed by atoms with E-state index in [0.29, 0.717) is 51.4 Å². The molecule has 0 fully saturated rings. The highest BCUT2D eigenvalue weighted by molar-refractivity contribution is 7.18. The summed E-state index contributed by atoms with van der Waals surface area (Å²) in [4.78, 5) is 32.4. The van der Waals surface area contributed by atoms with Crippen molar-refractivity contribution in [3.63, 3.8) is 0 Å². The van der Waals surface area contributed by atoms with Crippen molar-refractivity contribution in [2.24, 2.45) is 0 Å². The Balaban J connectivity index is 1.64. The van der Waals surface area contributed by atoms with Crippen LogP contribution in [-0.2, 0) is 16.1 Å². The maximum Gasteiger partial charge on any atom is 0.251 e. The minimum Gasteiger partial charge on any atom is -0.490 e. The van der Waals surface area contributed by atoms with E-state index in [1.165, 1.54) is 24.5 Å². The molecule has 1 atom stereocenters. The summed E-state index contributed by atoms with van der Waals surface area (Å²) in [5.41, 5.74) is 2.89. The lowest BCUT2D eigenvalue weighted by molar-refractivity contribution is -0.129. The second kappa shape index (κ2) is 12.6. The number of methoxy groups -OCH3 is 1. The summed E-state index contributed by atoms with van der Waals surface area (Å²) in [6.07, 6.45) is 3.02. The number of hydrogen-bond acceptors (Lipinski definition) is 7. The van der Waals surface area contributed by atoms with Crippen molar-refractivity contribution in [1.82, 2.24) is 24.2 Å². The fourth-order valence-electron chi connectivity index (χ4n) is 5.90. The van der Waals surface area contributed by atoms with Gasteiger partial charge in [0.15, 0.2) is 0 Å². The first-order chi connectivity index (χ1) is 22.1. The molecule has 12 heteroatoms. The van der Waals surface area contributed by atoms with Gasteiger partial charge in [-0.05, 0) is 50.4 Å². The topological polar surface area (TPSA) is 91.5 Å². The molecule has 0 radical (unpaired) electrons. The zero-order valence-electron chi connectivity index (χ0n) is 25.9. The molecule has 0 bridgehead atoms. The summed E-state index contributed by atoms with van der Waals surface area (Å²) >= 11 is 1.37. The number of carbonyl (C=O) groups excluding carboxylic acids is 1. The fourth-order valence-corrected chi connectivity index (χ4v) is 6.85. The van der Waals surface area contributed by atoms with Crippen LogP contribution < -0.4 is 10.3 Å². The molecule has 0 aliphatic carbocycles. The highest BCUT2D eigenvalue weighted by Gasteiger charge is 2.31. The summed E-state index contributed by atoms with van der Waals surface area (Å²) in [6.45, 7) is 10.5. The summed E-state index contributed by atoms with van der Waals surface area (Å²) < 4.78 is 45.7. The van der Waals surface area contributed by atoms with E-state index in [1.807, 2.05) is 49.0 Å². The van der Waals surface area contributed by atoms with E-state index < -0.39 is 11.6 Å². The number of nitrogens with zero attached hydrogens (tertiary/aromatic N) is 5. The molecule has 0 spiro atoms. The standard InChI is InChI=1S/C34H33F2N5O4S/c1-6-28(42)40-10-11-41-26(20(40)4)18-25(38-41)33-31(30-24(36)16-22(35)17-27(30)45-13-12-44-5)34-23(8-14-46-34)32(37-33)21-7-9-39(19(2)3)29(43)15-21/h6-9,14-20H,1,10-13H2,2-5H3.